The van der Waals surface area contributed by atoms with Crippen LogP contribution in [-0.4, -0.2) is 7.12 Å². The molecule has 108 valence electrons. The predicted molar refractivity (Wildman–Crippen MR) is 90.7 cm³/mol. The maximum absolute atomic E-state index is 6.04. The molecule has 3 heteroatoms. The van der Waals surface area contributed by atoms with E-state index in [2.05, 4.69) is 19.1 Å². The Morgan fingerprint density at radius 1 is 0.636 bits per heavy atom. The fourth-order valence-corrected chi connectivity index (χ4v) is 2.22. The highest BCUT2D eigenvalue weighted by Gasteiger charge is 2.26. The molecule has 0 atom stereocenters. The highest BCUT2D eigenvalue weighted by atomic mass is 16.6. The van der Waals surface area contributed by atoms with Crippen molar-refractivity contribution >= 4 is 12.6 Å². The van der Waals surface area contributed by atoms with Crippen molar-refractivity contribution in [3.63, 3.8) is 0 Å². The van der Waals surface area contributed by atoms with Crippen LogP contribution in [0.2, 0.25) is 0 Å². The molecular formula is C19H17BO2. The van der Waals surface area contributed by atoms with Gasteiger partial charge in [0.15, 0.2) is 0 Å². The Morgan fingerprint density at radius 3 is 1.68 bits per heavy atom. The minimum absolute atomic E-state index is 0.482. The zero-order valence-electron chi connectivity index (χ0n) is 12.5. The van der Waals surface area contributed by atoms with Crippen molar-refractivity contribution < 1.29 is 9.31 Å². The summed E-state index contributed by atoms with van der Waals surface area (Å²) in [5.41, 5.74) is 2.17. The summed E-state index contributed by atoms with van der Waals surface area (Å²) in [5, 5.41) is 0. The molecule has 0 spiro atoms. The molecule has 2 nitrogen and oxygen atoms in total. The van der Waals surface area contributed by atoms with Crippen LogP contribution in [-0.2, 0) is 0 Å². The minimum atomic E-state index is -0.482. The van der Waals surface area contributed by atoms with E-state index in [1.54, 1.807) is 0 Å². The molecule has 0 fully saturated rings. The monoisotopic (exact) mass is 288 g/mol. The van der Waals surface area contributed by atoms with Gasteiger partial charge in [-0.1, -0.05) is 66.2 Å². The third-order valence-electron chi connectivity index (χ3n) is 3.29. The molecule has 0 bridgehead atoms. The molecule has 0 aliphatic carbocycles. The largest absolute Gasteiger partial charge is 0.632 e. The van der Waals surface area contributed by atoms with Gasteiger partial charge in [0.05, 0.1) is 0 Å². The third-order valence-corrected chi connectivity index (χ3v) is 3.29. The molecule has 3 aromatic rings. The maximum Gasteiger partial charge on any atom is 0.632 e. The van der Waals surface area contributed by atoms with Gasteiger partial charge in [-0.15, -0.1) is 0 Å². The van der Waals surface area contributed by atoms with E-state index in [9.17, 15) is 0 Å². The van der Waals surface area contributed by atoms with E-state index in [1.807, 2.05) is 72.8 Å². The highest BCUT2D eigenvalue weighted by Crippen LogP contribution is 2.14. The summed E-state index contributed by atoms with van der Waals surface area (Å²) in [6.07, 6.45) is 0. The van der Waals surface area contributed by atoms with Crippen LogP contribution in [0.4, 0.5) is 0 Å². The molecule has 0 aliphatic heterocycles. The summed E-state index contributed by atoms with van der Waals surface area (Å²) < 4.78 is 12.1. The molecule has 0 aliphatic rings. The maximum atomic E-state index is 6.04. The van der Waals surface area contributed by atoms with Crippen LogP contribution in [0.5, 0.6) is 11.5 Å². The van der Waals surface area contributed by atoms with Crippen molar-refractivity contribution in [1.82, 2.24) is 0 Å². The molecule has 0 amide bonds. The Hall–Kier alpha value is -2.68. The van der Waals surface area contributed by atoms with Gasteiger partial charge in [-0.2, -0.15) is 0 Å². The average Bonchev–Trinajstić information content (AvgIpc) is 2.56. The zero-order chi connectivity index (χ0) is 15.2. The molecule has 22 heavy (non-hydrogen) atoms. The first-order chi connectivity index (χ1) is 10.8. The van der Waals surface area contributed by atoms with Gasteiger partial charge >= 0.3 is 7.12 Å². The van der Waals surface area contributed by atoms with Crippen molar-refractivity contribution in [1.29, 1.82) is 0 Å². The fourth-order valence-electron chi connectivity index (χ4n) is 2.22. The van der Waals surface area contributed by atoms with E-state index in [-0.39, 0.29) is 0 Å². The second-order valence-electron chi connectivity index (χ2n) is 5.11. The van der Waals surface area contributed by atoms with Crippen LogP contribution >= 0.6 is 0 Å². The SMILES string of the molecule is Cc1cccc(B(Oc2ccccc2)Oc2ccccc2)c1. The lowest BCUT2D eigenvalue weighted by Gasteiger charge is -2.17. The van der Waals surface area contributed by atoms with Crippen LogP contribution in [0.15, 0.2) is 84.9 Å². The molecule has 0 unspecified atom stereocenters. The number of hydrogen-bond donors (Lipinski definition) is 0. The molecular weight excluding hydrogens is 271 g/mol. The van der Waals surface area contributed by atoms with Crippen LogP contribution in [0.3, 0.4) is 0 Å². The summed E-state index contributed by atoms with van der Waals surface area (Å²) in [7, 11) is -0.482. The van der Waals surface area contributed by atoms with Gasteiger partial charge in [-0.25, -0.2) is 0 Å². The standard InChI is InChI=1S/C19H17BO2/c1-16-9-8-10-17(15-16)20(21-18-11-4-2-5-12-18)22-19-13-6-3-7-14-19/h2-15H,1H3. The first-order valence-electron chi connectivity index (χ1n) is 7.31. The van der Waals surface area contributed by atoms with Gasteiger partial charge in [0.2, 0.25) is 0 Å². The summed E-state index contributed by atoms with van der Waals surface area (Å²) in [4.78, 5) is 0. The van der Waals surface area contributed by atoms with Gasteiger partial charge < -0.3 is 9.31 Å². The average molecular weight is 288 g/mol. The quantitative estimate of drug-likeness (QED) is 0.664. The van der Waals surface area contributed by atoms with E-state index in [0.29, 0.717) is 0 Å². The number of hydrogen-bond acceptors (Lipinski definition) is 2. The summed E-state index contributed by atoms with van der Waals surface area (Å²) in [5.74, 6) is 1.56. The fraction of sp³-hybridized carbons (Fsp3) is 0.0526. The van der Waals surface area contributed by atoms with Crippen molar-refractivity contribution in [3.8, 4) is 11.5 Å². The molecule has 0 saturated carbocycles. The van der Waals surface area contributed by atoms with Gasteiger partial charge in [-0.3, -0.25) is 0 Å². The van der Waals surface area contributed by atoms with E-state index in [0.717, 1.165) is 17.0 Å². The smallest absolute Gasteiger partial charge is 0.522 e. The Labute approximate surface area is 131 Å². The lowest BCUT2D eigenvalue weighted by atomic mass is 9.78. The number of para-hydroxylation sites is 2. The van der Waals surface area contributed by atoms with Gasteiger partial charge in [-0.05, 0) is 31.2 Å². The van der Waals surface area contributed by atoms with Crippen molar-refractivity contribution in [3.05, 3.63) is 90.5 Å². The minimum Gasteiger partial charge on any atom is -0.522 e. The first kappa shape index (κ1) is 14.3. The zero-order valence-corrected chi connectivity index (χ0v) is 12.5. The van der Waals surface area contributed by atoms with Crippen LogP contribution in [0, 0.1) is 6.92 Å². The Bertz CT molecular complexity index is 672. The number of rotatable bonds is 5. The summed E-state index contributed by atoms with van der Waals surface area (Å²) in [6, 6.07) is 27.6. The number of benzene rings is 3. The van der Waals surface area contributed by atoms with Crippen molar-refractivity contribution in [2.45, 2.75) is 6.92 Å². The molecule has 0 aromatic heterocycles. The lowest BCUT2D eigenvalue weighted by molar-refractivity contribution is 0.439. The predicted octanol–water partition coefficient (Wildman–Crippen LogP) is 3.85. The number of aryl methyl sites for hydroxylation is 1. The highest BCUT2D eigenvalue weighted by molar-refractivity contribution is 6.62. The molecule has 0 radical (unpaired) electrons. The second-order valence-corrected chi connectivity index (χ2v) is 5.11. The topological polar surface area (TPSA) is 18.5 Å². The first-order valence-corrected chi connectivity index (χ1v) is 7.31. The molecule has 0 heterocycles. The van der Waals surface area contributed by atoms with Crippen LogP contribution < -0.4 is 14.8 Å². The van der Waals surface area contributed by atoms with E-state index < -0.39 is 7.12 Å². The Morgan fingerprint density at radius 2 is 1.18 bits per heavy atom. The van der Waals surface area contributed by atoms with Crippen molar-refractivity contribution in [2.24, 2.45) is 0 Å². The molecule has 0 N–H and O–H groups in total. The molecule has 3 aromatic carbocycles. The summed E-state index contributed by atoms with van der Waals surface area (Å²) >= 11 is 0. The van der Waals surface area contributed by atoms with E-state index in [1.165, 1.54) is 5.56 Å². The molecule has 0 saturated heterocycles. The van der Waals surface area contributed by atoms with Gasteiger partial charge in [0.1, 0.15) is 11.5 Å². The van der Waals surface area contributed by atoms with E-state index >= 15 is 0 Å². The van der Waals surface area contributed by atoms with E-state index in [4.69, 9.17) is 9.31 Å². The Kier molecular flexibility index (Phi) is 4.45. The van der Waals surface area contributed by atoms with Gasteiger partial charge in [0, 0.05) is 5.46 Å². The van der Waals surface area contributed by atoms with Gasteiger partial charge in [0.25, 0.3) is 0 Å². The third kappa shape index (κ3) is 3.70. The van der Waals surface area contributed by atoms with Crippen LogP contribution in [0.1, 0.15) is 5.56 Å². The molecule has 3 rings (SSSR count). The summed E-state index contributed by atoms with van der Waals surface area (Å²) in [6.45, 7) is 2.06. The van der Waals surface area contributed by atoms with Crippen LogP contribution in [0.25, 0.3) is 0 Å². The Balaban J connectivity index is 1.88. The normalized spacial score (nSPS) is 10.0. The van der Waals surface area contributed by atoms with Crippen molar-refractivity contribution in [2.75, 3.05) is 0 Å². The second kappa shape index (κ2) is 6.86. The lowest BCUT2D eigenvalue weighted by Crippen LogP contribution is -2.42.